The number of halogens is 3. The standard InChI is InChI=1S/C30H29F3N6O2/c1-18-12-19(10-11-34-18)27-23-13-20(6-8-25(23)36-37-27)28(40)35-22-7-9-26(29(41)39-16-30(32,33)17-39)38(15-22)14-21-4-2-3-5-24(21)31/h2-6,8,10-13,22,26H,7,9,14-17H2,1H3,(H,35,40)(H,36,37)/t22-,26+/m1/s1. The summed E-state index contributed by atoms with van der Waals surface area (Å²) < 4.78 is 41.5. The molecule has 4 aromatic rings. The first kappa shape index (κ1) is 26.9. The van der Waals surface area contributed by atoms with Crippen LogP contribution in [0, 0.1) is 12.7 Å². The summed E-state index contributed by atoms with van der Waals surface area (Å²) in [5.74, 6) is -3.95. The number of hydrogen-bond acceptors (Lipinski definition) is 5. The summed E-state index contributed by atoms with van der Waals surface area (Å²) in [6, 6.07) is 14.4. The van der Waals surface area contributed by atoms with Gasteiger partial charge in [-0.3, -0.25) is 24.6 Å². The maximum absolute atomic E-state index is 14.5. The minimum absolute atomic E-state index is 0.120. The topological polar surface area (TPSA) is 94.2 Å². The van der Waals surface area contributed by atoms with Crippen molar-refractivity contribution < 1.29 is 22.8 Å². The van der Waals surface area contributed by atoms with Gasteiger partial charge in [0, 0.05) is 53.1 Å². The zero-order valence-corrected chi connectivity index (χ0v) is 22.4. The number of nitrogens with one attached hydrogen (secondary N) is 2. The van der Waals surface area contributed by atoms with Crippen LogP contribution in [0.5, 0.6) is 0 Å². The van der Waals surface area contributed by atoms with Crippen LogP contribution < -0.4 is 5.32 Å². The lowest BCUT2D eigenvalue weighted by Crippen LogP contribution is -2.64. The van der Waals surface area contributed by atoms with Crippen molar-refractivity contribution in [2.24, 2.45) is 0 Å². The zero-order valence-electron chi connectivity index (χ0n) is 22.4. The summed E-state index contributed by atoms with van der Waals surface area (Å²) in [6.45, 7) is 1.08. The van der Waals surface area contributed by atoms with E-state index < -0.39 is 30.9 Å². The number of piperidine rings is 1. The third-order valence-corrected chi connectivity index (χ3v) is 7.79. The van der Waals surface area contributed by atoms with Gasteiger partial charge in [0.05, 0.1) is 24.6 Å². The van der Waals surface area contributed by atoms with E-state index in [1.54, 1.807) is 47.5 Å². The fourth-order valence-electron chi connectivity index (χ4n) is 5.68. The van der Waals surface area contributed by atoms with Crippen LogP contribution in [0.4, 0.5) is 13.2 Å². The smallest absolute Gasteiger partial charge is 0.282 e. The number of alkyl halides is 2. The van der Waals surface area contributed by atoms with E-state index in [9.17, 15) is 22.8 Å². The lowest BCUT2D eigenvalue weighted by Gasteiger charge is -2.45. The van der Waals surface area contributed by atoms with Crippen molar-refractivity contribution in [3.05, 3.63) is 83.4 Å². The fraction of sp³-hybridized carbons (Fsp3) is 0.333. The molecule has 0 unspecified atom stereocenters. The van der Waals surface area contributed by atoms with Gasteiger partial charge in [-0.25, -0.2) is 13.2 Å². The molecule has 2 aromatic heterocycles. The number of fused-ring (bicyclic) bond motifs is 1. The number of benzene rings is 2. The highest BCUT2D eigenvalue weighted by molar-refractivity contribution is 6.01. The van der Waals surface area contributed by atoms with Crippen LogP contribution in [-0.2, 0) is 11.3 Å². The Morgan fingerprint density at radius 2 is 1.90 bits per heavy atom. The Kier molecular flexibility index (Phi) is 6.98. The number of amides is 2. The molecule has 212 valence electrons. The van der Waals surface area contributed by atoms with Crippen LogP contribution in [0.2, 0.25) is 0 Å². The SMILES string of the molecule is Cc1cc(-c2n[nH]c3ccc(C(=O)N[C@@H]4CC[C@@H](C(=O)N5CC(F)(F)C5)N(Cc5ccccc5F)C4)cc23)ccn1. The number of rotatable bonds is 6. The highest BCUT2D eigenvalue weighted by Crippen LogP contribution is 2.31. The molecule has 2 atom stereocenters. The first-order valence-corrected chi connectivity index (χ1v) is 13.5. The van der Waals surface area contributed by atoms with E-state index in [2.05, 4.69) is 20.5 Å². The number of likely N-dealkylation sites (tertiary alicyclic amines) is 2. The number of nitrogens with zero attached hydrogens (tertiary/aromatic N) is 4. The van der Waals surface area contributed by atoms with E-state index in [0.717, 1.165) is 27.1 Å². The Hall–Kier alpha value is -4.25. The predicted octanol–water partition coefficient (Wildman–Crippen LogP) is 4.31. The third kappa shape index (κ3) is 5.54. The van der Waals surface area contributed by atoms with Crippen molar-refractivity contribution in [2.75, 3.05) is 19.6 Å². The van der Waals surface area contributed by atoms with Gasteiger partial charge in [-0.2, -0.15) is 5.10 Å². The van der Waals surface area contributed by atoms with E-state index in [1.165, 1.54) is 6.07 Å². The van der Waals surface area contributed by atoms with Gasteiger partial charge in [-0.1, -0.05) is 18.2 Å². The molecule has 2 aliphatic heterocycles. The van der Waals surface area contributed by atoms with Gasteiger partial charge in [-0.05, 0) is 56.2 Å². The Bertz CT molecular complexity index is 1610. The largest absolute Gasteiger partial charge is 0.348 e. The van der Waals surface area contributed by atoms with Crippen molar-refractivity contribution >= 4 is 22.7 Å². The van der Waals surface area contributed by atoms with Gasteiger partial charge >= 0.3 is 0 Å². The number of carbonyl (C=O) groups is 2. The first-order valence-electron chi connectivity index (χ1n) is 13.5. The van der Waals surface area contributed by atoms with E-state index in [0.29, 0.717) is 29.7 Å². The third-order valence-electron chi connectivity index (χ3n) is 7.79. The molecular weight excluding hydrogens is 533 g/mol. The summed E-state index contributed by atoms with van der Waals surface area (Å²) in [7, 11) is 0. The minimum atomic E-state index is -2.87. The number of aromatic amines is 1. The molecular formula is C30H29F3N6O2. The number of aromatic nitrogens is 3. The van der Waals surface area contributed by atoms with E-state index in [4.69, 9.17) is 0 Å². The van der Waals surface area contributed by atoms with E-state index in [-0.39, 0.29) is 30.9 Å². The van der Waals surface area contributed by atoms with Gasteiger partial charge in [0.2, 0.25) is 5.91 Å². The Morgan fingerprint density at radius 1 is 1.10 bits per heavy atom. The highest BCUT2D eigenvalue weighted by atomic mass is 19.3. The lowest BCUT2D eigenvalue weighted by molar-refractivity contribution is -0.172. The summed E-state index contributed by atoms with van der Waals surface area (Å²) >= 11 is 0. The number of carbonyl (C=O) groups excluding carboxylic acids is 2. The first-order chi connectivity index (χ1) is 19.7. The quantitative estimate of drug-likeness (QED) is 0.365. The summed E-state index contributed by atoms with van der Waals surface area (Å²) in [5, 5.41) is 11.3. The summed E-state index contributed by atoms with van der Waals surface area (Å²) in [4.78, 5) is 33.7. The molecule has 6 rings (SSSR count). The molecule has 4 heterocycles. The van der Waals surface area contributed by atoms with Crippen LogP contribution in [0.1, 0.15) is 34.5 Å². The van der Waals surface area contributed by atoms with E-state index >= 15 is 0 Å². The van der Waals surface area contributed by atoms with Gasteiger partial charge in [0.15, 0.2) is 0 Å². The zero-order chi connectivity index (χ0) is 28.7. The summed E-state index contributed by atoms with van der Waals surface area (Å²) in [5.41, 5.74) is 4.09. The van der Waals surface area contributed by atoms with Crippen LogP contribution in [0.25, 0.3) is 22.2 Å². The second kappa shape index (κ2) is 10.6. The molecule has 8 nitrogen and oxygen atoms in total. The van der Waals surface area contributed by atoms with Crippen LogP contribution in [0.3, 0.4) is 0 Å². The normalized spacial score (nSPS) is 20.5. The maximum Gasteiger partial charge on any atom is 0.282 e. The van der Waals surface area contributed by atoms with Gasteiger partial charge in [0.25, 0.3) is 11.8 Å². The molecule has 0 radical (unpaired) electrons. The number of H-pyrrole nitrogens is 1. The summed E-state index contributed by atoms with van der Waals surface area (Å²) in [6.07, 6.45) is 2.55. The molecule has 0 aliphatic carbocycles. The second-order valence-electron chi connectivity index (χ2n) is 10.9. The molecule has 0 saturated carbocycles. The monoisotopic (exact) mass is 562 g/mol. The van der Waals surface area contributed by atoms with Crippen LogP contribution >= 0.6 is 0 Å². The van der Waals surface area contributed by atoms with Crippen molar-refractivity contribution in [2.45, 2.75) is 44.3 Å². The molecule has 2 fully saturated rings. The van der Waals surface area contributed by atoms with Crippen LogP contribution in [0.15, 0.2) is 60.8 Å². The van der Waals surface area contributed by atoms with Crippen molar-refractivity contribution in [1.29, 1.82) is 0 Å². The molecule has 2 N–H and O–H groups in total. The predicted molar refractivity (Wildman–Crippen MR) is 147 cm³/mol. The molecule has 2 saturated heterocycles. The Balaban J connectivity index is 1.20. The van der Waals surface area contributed by atoms with Gasteiger partial charge in [-0.15, -0.1) is 0 Å². The highest BCUT2D eigenvalue weighted by Gasteiger charge is 2.49. The molecule has 41 heavy (non-hydrogen) atoms. The fourth-order valence-corrected chi connectivity index (χ4v) is 5.68. The molecule has 0 bridgehead atoms. The van der Waals surface area contributed by atoms with Gasteiger partial charge < -0.3 is 10.2 Å². The maximum atomic E-state index is 14.5. The molecule has 2 amide bonds. The van der Waals surface area contributed by atoms with Crippen molar-refractivity contribution in [3.8, 4) is 11.3 Å². The molecule has 0 spiro atoms. The number of pyridine rings is 1. The van der Waals surface area contributed by atoms with Crippen molar-refractivity contribution in [3.63, 3.8) is 0 Å². The van der Waals surface area contributed by atoms with Crippen molar-refractivity contribution in [1.82, 2.24) is 30.3 Å². The molecule has 2 aromatic carbocycles. The number of aryl methyl sites for hydroxylation is 1. The Labute approximate surface area is 234 Å². The number of hydrogen-bond donors (Lipinski definition) is 2. The molecule has 2 aliphatic rings. The average Bonchev–Trinajstić information content (AvgIpc) is 3.36. The van der Waals surface area contributed by atoms with Crippen LogP contribution in [-0.4, -0.2) is 74.4 Å². The minimum Gasteiger partial charge on any atom is -0.348 e. The second-order valence-corrected chi connectivity index (χ2v) is 10.9. The van der Waals surface area contributed by atoms with Gasteiger partial charge in [0.1, 0.15) is 11.5 Å². The van der Waals surface area contributed by atoms with E-state index in [1.807, 2.05) is 19.1 Å². The average molecular weight is 563 g/mol. The Morgan fingerprint density at radius 3 is 2.66 bits per heavy atom. The molecule has 11 heteroatoms. The lowest BCUT2D eigenvalue weighted by atomic mass is 9.94.